The molecule has 0 amide bonds. The maximum absolute atomic E-state index is 11.2. The first-order valence-corrected chi connectivity index (χ1v) is 6.77. The monoisotopic (exact) mass is 239 g/mol. The average Bonchev–Trinajstić information content (AvgIpc) is 2.74. The zero-order valence-corrected chi connectivity index (χ0v) is 10.3. The summed E-state index contributed by atoms with van der Waals surface area (Å²) < 4.78 is 0. The molecule has 0 radical (unpaired) electrons. The van der Waals surface area contributed by atoms with E-state index < -0.39 is 5.97 Å². The molecule has 1 aromatic heterocycles. The molecule has 0 bridgehead atoms. The highest BCUT2D eigenvalue weighted by Crippen LogP contribution is 2.36. The first-order valence-electron chi connectivity index (χ1n) is 5.95. The Hall–Kier alpha value is -0.900. The molecule has 4 heteroatoms. The molecular weight excluding hydrogens is 222 g/mol. The maximum Gasteiger partial charge on any atom is 0.347 e. The third-order valence-electron chi connectivity index (χ3n) is 3.19. The fourth-order valence-electron chi connectivity index (χ4n) is 2.34. The largest absolute Gasteiger partial charge is 0.477 e. The number of hydrogen-bond acceptors (Lipinski definition) is 3. The van der Waals surface area contributed by atoms with Gasteiger partial charge in [-0.05, 0) is 19.3 Å². The van der Waals surface area contributed by atoms with Crippen LogP contribution in [0.2, 0.25) is 0 Å². The number of carbonyl (C=O) groups is 1. The van der Waals surface area contributed by atoms with Crippen molar-refractivity contribution in [1.29, 1.82) is 0 Å². The van der Waals surface area contributed by atoms with E-state index in [0.29, 0.717) is 10.8 Å². The second-order valence-electron chi connectivity index (χ2n) is 4.32. The summed E-state index contributed by atoms with van der Waals surface area (Å²) in [5.74, 6) is -0.422. The molecule has 0 atom stereocenters. The molecule has 1 aliphatic carbocycles. The minimum absolute atomic E-state index is 0.386. The van der Waals surface area contributed by atoms with Crippen LogP contribution in [0.15, 0.2) is 0 Å². The third kappa shape index (κ3) is 2.26. The molecule has 1 N–H and O–H groups in total. The van der Waals surface area contributed by atoms with Crippen LogP contribution in [0.3, 0.4) is 0 Å². The number of rotatable bonds is 3. The van der Waals surface area contributed by atoms with Crippen LogP contribution in [0.4, 0.5) is 0 Å². The van der Waals surface area contributed by atoms with Gasteiger partial charge in [0.25, 0.3) is 0 Å². The van der Waals surface area contributed by atoms with Gasteiger partial charge >= 0.3 is 5.97 Å². The van der Waals surface area contributed by atoms with Gasteiger partial charge < -0.3 is 5.11 Å². The number of nitrogens with zero attached hydrogens (tertiary/aromatic N) is 1. The highest BCUT2D eigenvalue weighted by atomic mass is 32.1. The Morgan fingerprint density at radius 1 is 1.44 bits per heavy atom. The van der Waals surface area contributed by atoms with Gasteiger partial charge in [-0.2, -0.15) is 0 Å². The molecule has 0 aromatic carbocycles. The van der Waals surface area contributed by atoms with E-state index in [1.165, 1.54) is 30.6 Å². The lowest BCUT2D eigenvalue weighted by atomic mass is 9.86. The van der Waals surface area contributed by atoms with Gasteiger partial charge in [0.1, 0.15) is 4.88 Å². The van der Waals surface area contributed by atoms with Crippen LogP contribution >= 0.6 is 11.3 Å². The number of hydrogen-bond donors (Lipinski definition) is 1. The van der Waals surface area contributed by atoms with Crippen LogP contribution < -0.4 is 0 Å². The molecule has 0 unspecified atom stereocenters. The lowest BCUT2D eigenvalue weighted by molar-refractivity contribution is 0.0700. The number of aryl methyl sites for hydroxylation is 1. The molecule has 1 heterocycles. The van der Waals surface area contributed by atoms with Crippen molar-refractivity contribution in [3.63, 3.8) is 0 Å². The predicted molar refractivity (Wildman–Crippen MR) is 64.3 cm³/mol. The van der Waals surface area contributed by atoms with E-state index in [1.807, 2.05) is 6.92 Å². The Labute approximate surface area is 99.5 Å². The van der Waals surface area contributed by atoms with Gasteiger partial charge in [-0.25, -0.2) is 9.78 Å². The Morgan fingerprint density at radius 2 is 2.12 bits per heavy atom. The summed E-state index contributed by atoms with van der Waals surface area (Å²) in [6, 6.07) is 0. The standard InChI is InChI=1S/C12H17NO2S/c1-2-9-13-10(11(16-9)12(14)15)8-6-4-3-5-7-8/h8H,2-7H2,1H3,(H,14,15). The van der Waals surface area contributed by atoms with Crippen molar-refractivity contribution in [2.45, 2.75) is 51.4 Å². The van der Waals surface area contributed by atoms with E-state index in [1.54, 1.807) is 0 Å². The summed E-state index contributed by atoms with van der Waals surface area (Å²) in [5, 5.41) is 10.1. The topological polar surface area (TPSA) is 50.2 Å². The zero-order chi connectivity index (χ0) is 11.5. The molecule has 1 fully saturated rings. The number of thiazole rings is 1. The SMILES string of the molecule is CCc1nc(C2CCCCC2)c(C(=O)O)s1. The molecule has 3 nitrogen and oxygen atoms in total. The van der Waals surface area contributed by atoms with Crippen LogP contribution in [0.5, 0.6) is 0 Å². The molecular formula is C12H17NO2S. The number of carboxylic acid groups (broad SMARTS) is 1. The Bertz CT molecular complexity index is 380. The van der Waals surface area contributed by atoms with E-state index in [0.717, 1.165) is 30.0 Å². The summed E-state index contributed by atoms with van der Waals surface area (Å²) in [6.07, 6.45) is 6.74. The van der Waals surface area contributed by atoms with Gasteiger partial charge in [-0.3, -0.25) is 0 Å². The molecule has 0 spiro atoms. The van der Waals surface area contributed by atoms with E-state index in [2.05, 4.69) is 4.98 Å². The third-order valence-corrected chi connectivity index (χ3v) is 4.39. The second kappa shape index (κ2) is 4.95. The summed E-state index contributed by atoms with van der Waals surface area (Å²) in [6.45, 7) is 2.02. The van der Waals surface area contributed by atoms with Crippen LogP contribution in [0, 0.1) is 0 Å². The number of aromatic carboxylic acids is 1. The first-order chi connectivity index (χ1) is 7.72. The zero-order valence-electron chi connectivity index (χ0n) is 9.53. The smallest absolute Gasteiger partial charge is 0.347 e. The van der Waals surface area contributed by atoms with Gasteiger partial charge in [0.05, 0.1) is 10.7 Å². The number of aromatic nitrogens is 1. The van der Waals surface area contributed by atoms with Gasteiger partial charge in [0.15, 0.2) is 0 Å². The molecule has 0 saturated heterocycles. The van der Waals surface area contributed by atoms with E-state index in [-0.39, 0.29) is 0 Å². The second-order valence-corrected chi connectivity index (χ2v) is 5.40. The molecule has 1 aromatic rings. The fraction of sp³-hybridized carbons (Fsp3) is 0.667. The molecule has 1 saturated carbocycles. The van der Waals surface area contributed by atoms with Crippen molar-refractivity contribution in [1.82, 2.24) is 4.98 Å². The van der Waals surface area contributed by atoms with Gasteiger partial charge in [-0.1, -0.05) is 26.2 Å². The summed E-state index contributed by atoms with van der Waals surface area (Å²) in [4.78, 5) is 16.2. The molecule has 1 aliphatic rings. The van der Waals surface area contributed by atoms with E-state index in [9.17, 15) is 9.90 Å². The quantitative estimate of drug-likeness (QED) is 0.878. The van der Waals surface area contributed by atoms with Crippen LogP contribution in [0.1, 0.15) is 65.3 Å². The molecule has 16 heavy (non-hydrogen) atoms. The highest BCUT2D eigenvalue weighted by molar-refractivity contribution is 7.13. The molecule has 88 valence electrons. The lowest BCUT2D eigenvalue weighted by Crippen LogP contribution is -2.09. The van der Waals surface area contributed by atoms with Crippen molar-refractivity contribution in [2.75, 3.05) is 0 Å². The van der Waals surface area contributed by atoms with E-state index in [4.69, 9.17) is 0 Å². The first kappa shape index (κ1) is 11.6. The summed E-state index contributed by atoms with van der Waals surface area (Å²) in [7, 11) is 0. The summed E-state index contributed by atoms with van der Waals surface area (Å²) in [5.41, 5.74) is 0.856. The van der Waals surface area contributed by atoms with Crippen LogP contribution in [-0.4, -0.2) is 16.1 Å². The lowest BCUT2D eigenvalue weighted by Gasteiger charge is -2.20. The molecule has 0 aliphatic heterocycles. The Balaban J connectivity index is 2.29. The Kier molecular flexibility index (Phi) is 3.59. The normalized spacial score (nSPS) is 17.6. The highest BCUT2D eigenvalue weighted by Gasteiger charge is 2.25. The fourth-order valence-corrected chi connectivity index (χ4v) is 3.26. The van der Waals surface area contributed by atoms with Crippen molar-refractivity contribution in [3.05, 3.63) is 15.6 Å². The van der Waals surface area contributed by atoms with Crippen molar-refractivity contribution in [3.8, 4) is 0 Å². The Morgan fingerprint density at radius 3 is 2.69 bits per heavy atom. The van der Waals surface area contributed by atoms with E-state index >= 15 is 0 Å². The maximum atomic E-state index is 11.2. The predicted octanol–water partition coefficient (Wildman–Crippen LogP) is 3.45. The van der Waals surface area contributed by atoms with Gasteiger partial charge in [-0.15, -0.1) is 11.3 Å². The van der Waals surface area contributed by atoms with Crippen molar-refractivity contribution in [2.24, 2.45) is 0 Å². The van der Waals surface area contributed by atoms with Gasteiger partial charge in [0, 0.05) is 5.92 Å². The average molecular weight is 239 g/mol. The van der Waals surface area contributed by atoms with Crippen LogP contribution in [-0.2, 0) is 6.42 Å². The minimum Gasteiger partial charge on any atom is -0.477 e. The van der Waals surface area contributed by atoms with Gasteiger partial charge in [0.2, 0.25) is 0 Å². The summed E-state index contributed by atoms with van der Waals surface area (Å²) >= 11 is 1.35. The number of carboxylic acids is 1. The minimum atomic E-state index is -0.808. The van der Waals surface area contributed by atoms with Crippen molar-refractivity contribution < 1.29 is 9.90 Å². The van der Waals surface area contributed by atoms with Crippen LogP contribution in [0.25, 0.3) is 0 Å². The molecule has 2 rings (SSSR count). The van der Waals surface area contributed by atoms with Crippen molar-refractivity contribution >= 4 is 17.3 Å².